The second-order valence-electron chi connectivity index (χ2n) is 2.92. The van der Waals surface area contributed by atoms with Crippen LogP contribution in [0.2, 0.25) is 0 Å². The summed E-state index contributed by atoms with van der Waals surface area (Å²) in [6, 6.07) is 8.45. The van der Waals surface area contributed by atoms with Crippen LogP contribution in [-0.4, -0.2) is 0 Å². The molecule has 2 rings (SSSR count). The minimum atomic E-state index is 1.01. The Bertz CT molecular complexity index is 386. The van der Waals surface area contributed by atoms with Crippen molar-refractivity contribution >= 4 is 6.08 Å². The molecule has 0 atom stereocenters. The normalized spacial score (nSPS) is 12.9. The van der Waals surface area contributed by atoms with Crippen molar-refractivity contribution in [3.63, 3.8) is 0 Å². The molecular weight excluding hydrogens is 144 g/mol. The molecule has 0 heterocycles. The molecule has 0 saturated carbocycles. The quantitative estimate of drug-likeness (QED) is 0.504. The Morgan fingerprint density at radius 3 is 2.83 bits per heavy atom. The maximum atomic E-state index is 3.10. The van der Waals surface area contributed by atoms with E-state index in [1.165, 1.54) is 16.7 Å². The smallest absolute Gasteiger partial charge is 0.00702 e. The van der Waals surface area contributed by atoms with Crippen LogP contribution in [0.4, 0.5) is 0 Å². The first kappa shape index (κ1) is 7.18. The van der Waals surface area contributed by atoms with E-state index in [9.17, 15) is 0 Å². The van der Waals surface area contributed by atoms with Crippen molar-refractivity contribution in [3.8, 4) is 11.8 Å². The van der Waals surface area contributed by atoms with Gasteiger partial charge in [0.2, 0.25) is 0 Å². The average molecular weight is 154 g/mol. The Kier molecular flexibility index (Phi) is 1.72. The third kappa shape index (κ3) is 1.14. The van der Waals surface area contributed by atoms with E-state index >= 15 is 0 Å². The van der Waals surface area contributed by atoms with Gasteiger partial charge >= 0.3 is 0 Å². The molecule has 0 heteroatoms. The van der Waals surface area contributed by atoms with Crippen LogP contribution in [0.25, 0.3) is 6.08 Å². The lowest BCUT2D eigenvalue weighted by molar-refractivity contribution is 1.26. The van der Waals surface area contributed by atoms with Gasteiger partial charge in [-0.05, 0) is 24.1 Å². The number of rotatable bonds is 0. The van der Waals surface area contributed by atoms with Gasteiger partial charge in [-0.1, -0.05) is 30.2 Å². The molecule has 12 heavy (non-hydrogen) atoms. The van der Waals surface area contributed by atoms with Crippen molar-refractivity contribution in [1.29, 1.82) is 0 Å². The summed E-state index contributed by atoms with van der Waals surface area (Å²) in [7, 11) is 0. The molecule has 1 aliphatic rings. The first-order chi connectivity index (χ1) is 5.90. The van der Waals surface area contributed by atoms with Crippen molar-refractivity contribution in [1.82, 2.24) is 0 Å². The summed E-state index contributed by atoms with van der Waals surface area (Å²) in [5.74, 6) is 6.03. The number of allylic oxidation sites excluding steroid dienone is 1. The topological polar surface area (TPSA) is 0 Å². The van der Waals surface area contributed by atoms with Gasteiger partial charge in [0.15, 0.2) is 0 Å². The minimum Gasteiger partial charge on any atom is -0.102 e. The first-order valence-electron chi connectivity index (χ1n) is 4.11. The van der Waals surface area contributed by atoms with Gasteiger partial charge in [0.25, 0.3) is 0 Å². The molecule has 58 valence electrons. The average Bonchev–Trinajstić information content (AvgIpc) is 2.47. The highest BCUT2D eigenvalue weighted by molar-refractivity contribution is 5.67. The van der Waals surface area contributed by atoms with E-state index in [0.29, 0.717) is 0 Å². The molecular formula is C12H10. The van der Waals surface area contributed by atoms with Gasteiger partial charge in [-0.2, -0.15) is 0 Å². The van der Waals surface area contributed by atoms with Crippen LogP contribution in [-0.2, 0) is 6.42 Å². The maximum Gasteiger partial charge on any atom is 0.00702 e. The number of hydrogen-bond donors (Lipinski definition) is 0. The molecule has 0 aliphatic heterocycles. The van der Waals surface area contributed by atoms with Gasteiger partial charge < -0.3 is 0 Å². The highest BCUT2D eigenvalue weighted by Gasteiger charge is 2.08. The van der Waals surface area contributed by atoms with Gasteiger partial charge in [-0.25, -0.2) is 0 Å². The summed E-state index contributed by atoms with van der Waals surface area (Å²) in [6.45, 7) is 1.88. The van der Waals surface area contributed by atoms with Crippen LogP contribution in [0.3, 0.4) is 0 Å². The van der Waals surface area contributed by atoms with Crippen LogP contribution < -0.4 is 0 Å². The summed E-state index contributed by atoms with van der Waals surface area (Å²) in [4.78, 5) is 0. The molecule has 0 saturated heterocycles. The van der Waals surface area contributed by atoms with Crippen molar-refractivity contribution < 1.29 is 0 Å². The number of fused-ring (bicyclic) bond motifs is 1. The first-order valence-corrected chi connectivity index (χ1v) is 4.11. The van der Waals surface area contributed by atoms with E-state index in [2.05, 4.69) is 42.2 Å². The predicted molar refractivity (Wildman–Crippen MR) is 51.6 cm³/mol. The molecule has 1 aromatic carbocycles. The second kappa shape index (κ2) is 2.87. The van der Waals surface area contributed by atoms with Crippen LogP contribution in [0, 0.1) is 11.8 Å². The lowest BCUT2D eigenvalue weighted by atomic mass is 10.1. The SMILES string of the molecule is CC#CC1=Cc2ccccc2C1. The fraction of sp³-hybridized carbons (Fsp3) is 0.167. The summed E-state index contributed by atoms with van der Waals surface area (Å²) < 4.78 is 0. The summed E-state index contributed by atoms with van der Waals surface area (Å²) in [5.41, 5.74) is 3.96. The zero-order valence-electron chi connectivity index (χ0n) is 7.09. The van der Waals surface area contributed by atoms with E-state index in [-0.39, 0.29) is 0 Å². The molecule has 0 aromatic heterocycles. The Morgan fingerprint density at radius 2 is 2.08 bits per heavy atom. The predicted octanol–water partition coefficient (Wildman–Crippen LogP) is 2.65. The van der Waals surface area contributed by atoms with E-state index in [4.69, 9.17) is 0 Å². The molecule has 0 unspecified atom stereocenters. The summed E-state index contributed by atoms with van der Waals surface area (Å²) in [5, 5.41) is 0. The molecule has 0 radical (unpaired) electrons. The number of benzene rings is 1. The van der Waals surface area contributed by atoms with Gasteiger partial charge in [-0.3, -0.25) is 0 Å². The molecule has 1 aromatic rings. The van der Waals surface area contributed by atoms with Crippen molar-refractivity contribution in [2.24, 2.45) is 0 Å². The largest absolute Gasteiger partial charge is 0.102 e. The second-order valence-corrected chi connectivity index (χ2v) is 2.92. The van der Waals surface area contributed by atoms with Crippen LogP contribution in [0.15, 0.2) is 29.8 Å². The Hall–Kier alpha value is -1.48. The molecule has 0 spiro atoms. The van der Waals surface area contributed by atoms with E-state index in [0.717, 1.165) is 6.42 Å². The highest BCUT2D eigenvalue weighted by atomic mass is 14.1. The van der Waals surface area contributed by atoms with Gasteiger partial charge in [0, 0.05) is 12.0 Å². The summed E-state index contributed by atoms with van der Waals surface area (Å²) in [6.07, 6.45) is 3.18. The third-order valence-electron chi connectivity index (χ3n) is 2.05. The van der Waals surface area contributed by atoms with Crippen LogP contribution >= 0.6 is 0 Å². The van der Waals surface area contributed by atoms with Crippen LogP contribution in [0.5, 0.6) is 0 Å². The molecule has 0 bridgehead atoms. The Morgan fingerprint density at radius 1 is 1.25 bits per heavy atom. The fourth-order valence-electron chi connectivity index (χ4n) is 1.52. The van der Waals surface area contributed by atoms with Crippen molar-refractivity contribution in [2.75, 3.05) is 0 Å². The fourth-order valence-corrected chi connectivity index (χ4v) is 1.52. The maximum absolute atomic E-state index is 3.10. The van der Waals surface area contributed by atoms with Gasteiger partial charge in [0.1, 0.15) is 0 Å². The molecule has 1 aliphatic carbocycles. The molecule has 0 N–H and O–H groups in total. The standard InChI is InChI=1S/C12H10/c1-2-5-10-8-11-6-3-4-7-12(11)9-10/h3-4,6-8H,9H2,1H3. The molecule has 0 amide bonds. The minimum absolute atomic E-state index is 1.01. The lowest BCUT2D eigenvalue weighted by Crippen LogP contribution is -1.80. The number of hydrogen-bond acceptors (Lipinski definition) is 0. The monoisotopic (exact) mass is 154 g/mol. The third-order valence-corrected chi connectivity index (χ3v) is 2.05. The van der Waals surface area contributed by atoms with Crippen molar-refractivity contribution in [3.05, 3.63) is 41.0 Å². The Labute approximate surface area is 72.9 Å². The summed E-state index contributed by atoms with van der Waals surface area (Å²) >= 11 is 0. The molecule has 0 fully saturated rings. The Balaban J connectivity index is 2.39. The zero-order chi connectivity index (χ0) is 8.39. The van der Waals surface area contributed by atoms with E-state index < -0.39 is 0 Å². The highest BCUT2D eigenvalue weighted by Crippen LogP contribution is 2.23. The van der Waals surface area contributed by atoms with Crippen molar-refractivity contribution in [2.45, 2.75) is 13.3 Å². The lowest BCUT2D eigenvalue weighted by Gasteiger charge is -1.93. The van der Waals surface area contributed by atoms with E-state index in [1.807, 2.05) is 6.92 Å². The molecule has 0 nitrogen and oxygen atoms in total. The zero-order valence-corrected chi connectivity index (χ0v) is 7.09. The van der Waals surface area contributed by atoms with Gasteiger partial charge in [-0.15, -0.1) is 5.92 Å². The van der Waals surface area contributed by atoms with E-state index in [1.54, 1.807) is 0 Å². The van der Waals surface area contributed by atoms with Crippen LogP contribution in [0.1, 0.15) is 18.1 Å². The van der Waals surface area contributed by atoms with Gasteiger partial charge in [0.05, 0.1) is 0 Å².